The molecule has 1 aliphatic rings. The minimum Gasteiger partial charge on any atom is -0.508 e. The van der Waals surface area contributed by atoms with Crippen LogP contribution in [0.4, 0.5) is 0 Å². The molecule has 2 aromatic carbocycles. The smallest absolute Gasteiger partial charge is 0.251 e. The standard InChI is InChI=1S/C22H29N3O3/c1-17(23-22(28)19-7-9-20(27)10-8-19)21(16-26)25-13-11-24(12-14-25)15-18-5-3-2-4-6-18/h2-10,17,21,26-27H,11-16H2,1H3,(H,23,28). The van der Waals surface area contributed by atoms with Crippen molar-refractivity contribution in [1.82, 2.24) is 15.1 Å². The Morgan fingerprint density at radius 3 is 2.29 bits per heavy atom. The fraction of sp³-hybridized carbons (Fsp3) is 0.409. The van der Waals surface area contributed by atoms with Crippen molar-refractivity contribution in [3.63, 3.8) is 0 Å². The molecular formula is C22H29N3O3. The number of piperazine rings is 1. The van der Waals surface area contributed by atoms with Crippen molar-refractivity contribution in [1.29, 1.82) is 0 Å². The zero-order chi connectivity index (χ0) is 19.9. The Morgan fingerprint density at radius 2 is 1.68 bits per heavy atom. The lowest BCUT2D eigenvalue weighted by Gasteiger charge is -2.41. The lowest BCUT2D eigenvalue weighted by Crippen LogP contribution is -2.57. The molecule has 0 aliphatic carbocycles. The first kappa shape index (κ1) is 20.3. The van der Waals surface area contributed by atoms with Gasteiger partial charge in [-0.15, -0.1) is 0 Å². The SMILES string of the molecule is CC(NC(=O)c1ccc(O)cc1)C(CO)N1CCN(Cc2ccccc2)CC1. The Morgan fingerprint density at radius 1 is 1.04 bits per heavy atom. The van der Waals surface area contributed by atoms with Gasteiger partial charge < -0.3 is 15.5 Å². The molecule has 1 aliphatic heterocycles. The van der Waals surface area contributed by atoms with Crippen molar-refractivity contribution >= 4 is 5.91 Å². The Hall–Kier alpha value is -2.41. The third kappa shape index (κ3) is 5.32. The molecule has 0 spiro atoms. The molecule has 1 heterocycles. The lowest BCUT2D eigenvalue weighted by molar-refractivity contribution is 0.0457. The molecule has 2 atom stereocenters. The van der Waals surface area contributed by atoms with Crippen LogP contribution in [0.5, 0.6) is 5.75 Å². The minimum absolute atomic E-state index is 0.00426. The second kappa shape index (κ2) is 9.68. The van der Waals surface area contributed by atoms with Crippen LogP contribution in [0.2, 0.25) is 0 Å². The predicted octanol–water partition coefficient (Wildman–Crippen LogP) is 1.69. The van der Waals surface area contributed by atoms with Gasteiger partial charge in [0.05, 0.1) is 12.6 Å². The number of phenolic OH excluding ortho intramolecular Hbond substituents is 1. The van der Waals surface area contributed by atoms with Crippen molar-refractivity contribution in [2.24, 2.45) is 0 Å². The van der Waals surface area contributed by atoms with Gasteiger partial charge in [0.25, 0.3) is 5.91 Å². The van der Waals surface area contributed by atoms with Crippen LogP contribution in [0.25, 0.3) is 0 Å². The van der Waals surface area contributed by atoms with Crippen LogP contribution in [0.3, 0.4) is 0 Å². The second-order valence-electron chi connectivity index (χ2n) is 7.36. The van der Waals surface area contributed by atoms with E-state index in [2.05, 4.69) is 39.4 Å². The van der Waals surface area contributed by atoms with Crippen LogP contribution >= 0.6 is 0 Å². The summed E-state index contributed by atoms with van der Waals surface area (Å²) in [5.41, 5.74) is 1.80. The first-order valence-electron chi connectivity index (χ1n) is 9.78. The number of nitrogens with one attached hydrogen (secondary N) is 1. The van der Waals surface area contributed by atoms with Crippen molar-refractivity contribution < 1.29 is 15.0 Å². The van der Waals surface area contributed by atoms with Gasteiger partial charge in [-0.05, 0) is 36.8 Å². The van der Waals surface area contributed by atoms with E-state index in [9.17, 15) is 15.0 Å². The average Bonchev–Trinajstić information content (AvgIpc) is 2.71. The molecule has 6 heteroatoms. The highest BCUT2D eigenvalue weighted by Gasteiger charge is 2.28. The fourth-order valence-corrected chi connectivity index (χ4v) is 3.68. The van der Waals surface area contributed by atoms with E-state index in [-0.39, 0.29) is 30.3 Å². The molecule has 28 heavy (non-hydrogen) atoms. The van der Waals surface area contributed by atoms with Gasteiger partial charge in [-0.3, -0.25) is 14.6 Å². The van der Waals surface area contributed by atoms with Crippen LogP contribution in [0.1, 0.15) is 22.8 Å². The van der Waals surface area contributed by atoms with E-state index >= 15 is 0 Å². The zero-order valence-electron chi connectivity index (χ0n) is 16.3. The van der Waals surface area contributed by atoms with Gasteiger partial charge in [0.15, 0.2) is 0 Å². The van der Waals surface area contributed by atoms with Crippen LogP contribution in [0, 0.1) is 0 Å². The number of aliphatic hydroxyl groups excluding tert-OH is 1. The number of rotatable bonds is 7. The Balaban J connectivity index is 1.51. The van der Waals surface area contributed by atoms with Gasteiger partial charge in [-0.25, -0.2) is 0 Å². The molecule has 0 saturated carbocycles. The summed E-state index contributed by atoms with van der Waals surface area (Å²) in [6.45, 7) is 6.44. The highest BCUT2D eigenvalue weighted by Crippen LogP contribution is 2.14. The number of carbonyl (C=O) groups is 1. The Labute approximate surface area is 166 Å². The molecule has 0 bridgehead atoms. The molecule has 0 aromatic heterocycles. The van der Waals surface area contributed by atoms with E-state index in [4.69, 9.17) is 0 Å². The Kier molecular flexibility index (Phi) is 7.03. The third-order valence-electron chi connectivity index (χ3n) is 5.38. The summed E-state index contributed by atoms with van der Waals surface area (Å²) >= 11 is 0. The molecule has 3 rings (SSSR count). The van der Waals surface area contributed by atoms with Gasteiger partial charge in [-0.2, -0.15) is 0 Å². The monoisotopic (exact) mass is 383 g/mol. The molecule has 6 nitrogen and oxygen atoms in total. The van der Waals surface area contributed by atoms with Gasteiger partial charge in [-0.1, -0.05) is 30.3 Å². The van der Waals surface area contributed by atoms with E-state index < -0.39 is 0 Å². The molecular weight excluding hydrogens is 354 g/mol. The summed E-state index contributed by atoms with van der Waals surface area (Å²) in [7, 11) is 0. The molecule has 1 fully saturated rings. The number of hydrogen-bond acceptors (Lipinski definition) is 5. The number of aliphatic hydroxyl groups is 1. The maximum Gasteiger partial charge on any atom is 0.251 e. The topological polar surface area (TPSA) is 76.0 Å². The second-order valence-corrected chi connectivity index (χ2v) is 7.36. The van der Waals surface area contributed by atoms with Gasteiger partial charge >= 0.3 is 0 Å². The van der Waals surface area contributed by atoms with Crippen molar-refractivity contribution in [2.75, 3.05) is 32.8 Å². The van der Waals surface area contributed by atoms with Crippen molar-refractivity contribution in [3.05, 3.63) is 65.7 Å². The first-order chi connectivity index (χ1) is 13.6. The quantitative estimate of drug-likeness (QED) is 0.678. The van der Waals surface area contributed by atoms with Crippen LogP contribution < -0.4 is 5.32 Å². The van der Waals surface area contributed by atoms with Crippen LogP contribution in [-0.2, 0) is 6.54 Å². The summed E-state index contributed by atoms with van der Waals surface area (Å²) in [5, 5.41) is 22.3. The molecule has 1 saturated heterocycles. The number of hydrogen-bond donors (Lipinski definition) is 3. The molecule has 3 N–H and O–H groups in total. The Bertz CT molecular complexity index is 743. The minimum atomic E-state index is -0.200. The van der Waals surface area contributed by atoms with Crippen LogP contribution in [0.15, 0.2) is 54.6 Å². The number of amides is 1. The van der Waals surface area contributed by atoms with E-state index in [1.54, 1.807) is 12.1 Å². The largest absolute Gasteiger partial charge is 0.508 e. The summed E-state index contributed by atoms with van der Waals surface area (Å²) in [6, 6.07) is 16.3. The van der Waals surface area contributed by atoms with Crippen molar-refractivity contribution in [3.8, 4) is 5.75 Å². The summed E-state index contributed by atoms with van der Waals surface area (Å²) < 4.78 is 0. The van der Waals surface area contributed by atoms with E-state index in [1.165, 1.54) is 17.7 Å². The molecule has 2 aromatic rings. The maximum atomic E-state index is 12.4. The predicted molar refractivity (Wildman–Crippen MR) is 109 cm³/mol. The van der Waals surface area contributed by atoms with E-state index in [0.717, 1.165) is 32.7 Å². The van der Waals surface area contributed by atoms with Gasteiger partial charge in [0, 0.05) is 44.3 Å². The molecule has 150 valence electrons. The normalized spacial score (nSPS) is 17.8. The maximum absolute atomic E-state index is 12.4. The van der Waals surface area contributed by atoms with E-state index in [1.807, 2.05) is 13.0 Å². The van der Waals surface area contributed by atoms with Gasteiger partial charge in [0.2, 0.25) is 0 Å². The van der Waals surface area contributed by atoms with Crippen molar-refractivity contribution in [2.45, 2.75) is 25.6 Å². The number of benzene rings is 2. The van der Waals surface area contributed by atoms with Gasteiger partial charge in [0.1, 0.15) is 5.75 Å². The highest BCUT2D eigenvalue weighted by molar-refractivity contribution is 5.94. The summed E-state index contributed by atoms with van der Waals surface area (Å²) in [5.74, 6) is -0.0696. The zero-order valence-corrected chi connectivity index (χ0v) is 16.3. The third-order valence-corrected chi connectivity index (χ3v) is 5.38. The first-order valence-corrected chi connectivity index (χ1v) is 9.78. The summed E-state index contributed by atoms with van der Waals surface area (Å²) in [4.78, 5) is 17.1. The lowest BCUT2D eigenvalue weighted by atomic mass is 10.1. The number of nitrogens with zero attached hydrogens (tertiary/aromatic N) is 2. The number of aromatic hydroxyl groups is 1. The molecule has 2 unspecified atom stereocenters. The average molecular weight is 383 g/mol. The molecule has 0 radical (unpaired) electrons. The van der Waals surface area contributed by atoms with Crippen LogP contribution in [-0.4, -0.2) is 70.8 Å². The molecule has 1 amide bonds. The fourth-order valence-electron chi connectivity index (χ4n) is 3.68. The number of phenols is 1. The van der Waals surface area contributed by atoms with E-state index in [0.29, 0.717) is 5.56 Å². The number of carbonyl (C=O) groups excluding carboxylic acids is 1. The summed E-state index contributed by atoms with van der Waals surface area (Å²) in [6.07, 6.45) is 0. The highest BCUT2D eigenvalue weighted by atomic mass is 16.3.